The average molecular weight is 572 g/mol. The number of nitrogens with zero attached hydrogens (tertiary/aromatic N) is 3. The zero-order valence-electron chi connectivity index (χ0n) is 19.7. The summed E-state index contributed by atoms with van der Waals surface area (Å²) in [5.41, 5.74) is 1.26. The van der Waals surface area contributed by atoms with Gasteiger partial charge < -0.3 is 20.3 Å². The van der Waals surface area contributed by atoms with Crippen molar-refractivity contribution in [3.63, 3.8) is 0 Å². The summed E-state index contributed by atoms with van der Waals surface area (Å²) in [4.78, 5) is 9.45. The molecule has 1 atom stereocenters. The van der Waals surface area contributed by atoms with Gasteiger partial charge in [0, 0.05) is 32.7 Å². The Balaban J connectivity index is 0.00000363. The van der Waals surface area contributed by atoms with Gasteiger partial charge in [-0.1, -0.05) is 26.0 Å². The lowest BCUT2D eigenvalue weighted by Gasteiger charge is -2.34. The molecule has 178 valence electrons. The second-order valence-electron chi connectivity index (χ2n) is 7.82. The molecule has 1 aliphatic heterocycles. The number of piperidine rings is 1. The summed E-state index contributed by atoms with van der Waals surface area (Å²) >= 11 is 1.82. The average Bonchev–Trinajstić information content (AvgIpc) is 3.36. The number of likely N-dealkylation sites (N-methyl/N-ethyl adjacent to an activating group) is 1. The van der Waals surface area contributed by atoms with Crippen LogP contribution in [-0.2, 0) is 0 Å². The van der Waals surface area contributed by atoms with Crippen LogP contribution >= 0.6 is 35.3 Å². The van der Waals surface area contributed by atoms with Crippen molar-refractivity contribution in [2.45, 2.75) is 38.8 Å². The number of rotatable bonds is 9. The number of hydrogen-bond acceptors (Lipinski definition) is 5. The van der Waals surface area contributed by atoms with Crippen molar-refractivity contribution in [2.24, 2.45) is 4.99 Å². The molecule has 2 aromatic rings. The Labute approximate surface area is 214 Å². The van der Waals surface area contributed by atoms with E-state index in [0.29, 0.717) is 6.04 Å². The Morgan fingerprint density at radius 2 is 1.97 bits per heavy atom. The second kappa shape index (κ2) is 13.9. The van der Waals surface area contributed by atoms with Crippen molar-refractivity contribution in [1.29, 1.82) is 0 Å². The van der Waals surface area contributed by atoms with Gasteiger partial charge in [-0.15, -0.1) is 35.3 Å². The number of benzene rings is 1. The number of aliphatic imine (C=N–C) groups is 1. The predicted octanol–water partition coefficient (Wildman–Crippen LogP) is 4.59. The lowest BCUT2D eigenvalue weighted by atomic mass is 10.0. The predicted molar refractivity (Wildman–Crippen MR) is 148 cm³/mol. The van der Waals surface area contributed by atoms with Crippen LogP contribution in [0.15, 0.2) is 46.8 Å². The van der Waals surface area contributed by atoms with Gasteiger partial charge in [-0.3, -0.25) is 9.89 Å². The minimum atomic E-state index is 0. The molecule has 32 heavy (non-hydrogen) atoms. The molecular weight excluding hydrogens is 533 g/mol. The molecule has 6 nitrogen and oxygen atoms in total. The summed E-state index contributed by atoms with van der Waals surface area (Å²) < 4.78 is 5.46. The maximum atomic E-state index is 5.46. The fraction of sp³-hybridized carbons (Fsp3) is 0.542. The maximum absolute atomic E-state index is 5.46. The molecule has 0 radical (unpaired) electrons. The van der Waals surface area contributed by atoms with Crippen molar-refractivity contribution < 1.29 is 4.74 Å². The largest absolute Gasteiger partial charge is 0.497 e. The van der Waals surface area contributed by atoms with E-state index in [1.54, 1.807) is 7.11 Å². The number of guanidine groups is 1. The maximum Gasteiger partial charge on any atom is 0.191 e. The zero-order valence-corrected chi connectivity index (χ0v) is 22.9. The summed E-state index contributed by atoms with van der Waals surface area (Å²) in [5, 5.41) is 10.8. The SMILES string of the molecule is CCN(CC)C(CNC(=NC)NC1CCN(c2cccs2)CC1)c1cccc(OC)c1.I. The number of ether oxygens (including phenoxy) is 1. The normalized spacial score (nSPS) is 15.9. The van der Waals surface area contributed by atoms with Crippen LogP contribution in [0, 0.1) is 0 Å². The van der Waals surface area contributed by atoms with E-state index in [9.17, 15) is 0 Å². The molecule has 2 heterocycles. The Morgan fingerprint density at radius 3 is 2.56 bits per heavy atom. The molecular formula is C24H38IN5OS. The smallest absolute Gasteiger partial charge is 0.191 e. The fourth-order valence-electron chi connectivity index (χ4n) is 4.25. The van der Waals surface area contributed by atoms with Crippen LogP contribution in [0.2, 0.25) is 0 Å². The number of thiophene rings is 1. The van der Waals surface area contributed by atoms with Crippen molar-refractivity contribution in [2.75, 3.05) is 51.8 Å². The molecule has 0 saturated carbocycles. The summed E-state index contributed by atoms with van der Waals surface area (Å²) in [5.74, 6) is 1.78. The first kappa shape index (κ1) is 26.7. The Hall–Kier alpha value is -1.52. The molecule has 0 bridgehead atoms. The van der Waals surface area contributed by atoms with Gasteiger partial charge in [-0.05, 0) is 61.1 Å². The molecule has 1 aliphatic rings. The van der Waals surface area contributed by atoms with Gasteiger partial charge in [-0.25, -0.2) is 0 Å². The van der Waals surface area contributed by atoms with Crippen LogP contribution in [0.25, 0.3) is 0 Å². The molecule has 2 N–H and O–H groups in total. The van der Waals surface area contributed by atoms with Crippen molar-refractivity contribution in [1.82, 2.24) is 15.5 Å². The van der Waals surface area contributed by atoms with Gasteiger partial charge in [0.1, 0.15) is 5.75 Å². The van der Waals surface area contributed by atoms with Crippen LogP contribution in [-0.4, -0.2) is 63.8 Å². The minimum Gasteiger partial charge on any atom is -0.497 e. The van der Waals surface area contributed by atoms with E-state index in [-0.39, 0.29) is 30.0 Å². The Morgan fingerprint density at radius 1 is 1.22 bits per heavy atom. The van der Waals surface area contributed by atoms with Crippen molar-refractivity contribution in [3.05, 3.63) is 47.3 Å². The second-order valence-corrected chi connectivity index (χ2v) is 8.75. The van der Waals surface area contributed by atoms with Crippen molar-refractivity contribution in [3.8, 4) is 5.75 Å². The van der Waals surface area contributed by atoms with Crippen LogP contribution in [0.5, 0.6) is 5.75 Å². The third-order valence-corrected chi connectivity index (χ3v) is 7.00. The monoisotopic (exact) mass is 571 g/mol. The fourth-order valence-corrected chi connectivity index (χ4v) is 5.03. The topological polar surface area (TPSA) is 52.1 Å². The third-order valence-electron chi connectivity index (χ3n) is 6.07. The molecule has 1 saturated heterocycles. The highest BCUT2D eigenvalue weighted by Crippen LogP contribution is 2.25. The summed E-state index contributed by atoms with van der Waals surface area (Å²) in [7, 11) is 3.58. The van der Waals surface area contributed by atoms with E-state index in [1.807, 2.05) is 24.5 Å². The first-order valence-electron chi connectivity index (χ1n) is 11.3. The molecule has 3 rings (SSSR count). The summed E-state index contributed by atoms with van der Waals surface area (Å²) in [6.07, 6.45) is 2.24. The van der Waals surface area contributed by atoms with Crippen LogP contribution < -0.4 is 20.3 Å². The number of halogens is 1. The highest BCUT2D eigenvalue weighted by atomic mass is 127. The number of hydrogen-bond donors (Lipinski definition) is 2. The first-order valence-corrected chi connectivity index (χ1v) is 12.2. The van der Waals surface area contributed by atoms with E-state index >= 15 is 0 Å². The first-order chi connectivity index (χ1) is 15.2. The molecule has 1 unspecified atom stereocenters. The van der Waals surface area contributed by atoms with E-state index < -0.39 is 0 Å². The number of methoxy groups -OCH3 is 1. The Bertz CT molecular complexity index is 804. The van der Waals surface area contributed by atoms with E-state index in [4.69, 9.17) is 4.74 Å². The van der Waals surface area contributed by atoms with Crippen LogP contribution in [0.1, 0.15) is 38.3 Å². The van der Waals surface area contributed by atoms with Gasteiger partial charge in [-0.2, -0.15) is 0 Å². The quantitative estimate of drug-likeness (QED) is 0.262. The van der Waals surface area contributed by atoms with Crippen LogP contribution in [0.3, 0.4) is 0 Å². The highest BCUT2D eigenvalue weighted by Gasteiger charge is 2.22. The zero-order chi connectivity index (χ0) is 22.1. The van der Waals surface area contributed by atoms with Gasteiger partial charge in [0.25, 0.3) is 0 Å². The van der Waals surface area contributed by atoms with E-state index in [1.165, 1.54) is 10.6 Å². The molecule has 1 fully saturated rings. The van der Waals surface area contributed by atoms with Crippen LogP contribution in [0.4, 0.5) is 5.00 Å². The summed E-state index contributed by atoms with van der Waals surface area (Å²) in [6, 6.07) is 13.4. The minimum absolute atomic E-state index is 0. The van der Waals surface area contributed by atoms with E-state index in [0.717, 1.165) is 57.3 Å². The molecule has 0 amide bonds. The molecule has 1 aromatic carbocycles. The molecule has 8 heteroatoms. The van der Waals surface area contributed by atoms with Gasteiger partial charge >= 0.3 is 0 Å². The van der Waals surface area contributed by atoms with Gasteiger partial charge in [0.05, 0.1) is 18.2 Å². The van der Waals surface area contributed by atoms with Gasteiger partial charge in [0.15, 0.2) is 5.96 Å². The molecule has 0 aliphatic carbocycles. The van der Waals surface area contributed by atoms with Gasteiger partial charge in [0.2, 0.25) is 0 Å². The summed E-state index contributed by atoms with van der Waals surface area (Å²) in [6.45, 7) is 9.38. The van der Waals surface area contributed by atoms with E-state index in [2.05, 4.69) is 75.0 Å². The number of nitrogens with one attached hydrogen (secondary N) is 2. The lowest BCUT2D eigenvalue weighted by Crippen LogP contribution is -2.50. The van der Waals surface area contributed by atoms with Crippen molar-refractivity contribution >= 4 is 46.3 Å². The molecule has 0 spiro atoms. The number of anilines is 1. The third kappa shape index (κ3) is 7.25. The molecule has 1 aromatic heterocycles. The Kier molecular flexibility index (Phi) is 11.6. The highest BCUT2D eigenvalue weighted by molar-refractivity contribution is 14.0. The lowest BCUT2D eigenvalue weighted by molar-refractivity contribution is 0.218. The standard InChI is InChI=1S/C24H37N5OS.HI/c1-5-28(6-2)22(19-9-7-10-21(17-19)30-4)18-26-24(25-3)27-20-12-14-29(15-13-20)23-11-8-16-31-23;/h7-11,16-17,20,22H,5-6,12-15,18H2,1-4H3,(H2,25,26,27);1H.